The fourth-order valence-electron chi connectivity index (χ4n) is 2.09. The predicted octanol–water partition coefficient (Wildman–Crippen LogP) is 3.06. The summed E-state index contributed by atoms with van der Waals surface area (Å²) in [6.45, 7) is 4.15. The zero-order valence-electron chi connectivity index (χ0n) is 10.8. The molecule has 0 aliphatic rings. The van der Waals surface area contributed by atoms with E-state index >= 15 is 0 Å². The van der Waals surface area contributed by atoms with E-state index in [1.807, 2.05) is 0 Å². The summed E-state index contributed by atoms with van der Waals surface area (Å²) in [6, 6.07) is 4.16. The molecule has 0 bridgehead atoms. The number of aliphatic hydroxyl groups excluding tert-OH is 1. The Kier molecular flexibility index (Phi) is 3.38. The maximum Gasteiger partial charge on any atom is 0.212 e. The first-order chi connectivity index (χ1) is 9.19. The topological polar surface area (TPSA) is 50.4 Å². The Morgan fingerprint density at radius 3 is 2.89 bits per heavy atom. The molecule has 0 spiro atoms. The summed E-state index contributed by atoms with van der Waals surface area (Å²) in [6.07, 6.45) is 0.841. The predicted molar refractivity (Wildman–Crippen MR) is 78.0 cm³/mol. The van der Waals surface area contributed by atoms with Crippen LogP contribution in [-0.2, 0) is 13.0 Å². The molecule has 6 heteroatoms. The van der Waals surface area contributed by atoms with E-state index in [1.54, 1.807) is 27.2 Å². The summed E-state index contributed by atoms with van der Waals surface area (Å²) in [5.74, 6) is 0.303. The minimum atomic E-state index is -0.0170. The molecule has 100 valence electrons. The van der Waals surface area contributed by atoms with Gasteiger partial charge in [0.15, 0.2) is 0 Å². The van der Waals surface area contributed by atoms with E-state index in [9.17, 15) is 5.11 Å². The van der Waals surface area contributed by atoms with Gasteiger partial charge >= 0.3 is 0 Å². The molecule has 0 aromatic carbocycles. The molecule has 3 heterocycles. The van der Waals surface area contributed by atoms with Crippen LogP contribution in [0.25, 0.3) is 4.96 Å². The van der Waals surface area contributed by atoms with Crippen LogP contribution in [0, 0.1) is 0 Å². The lowest BCUT2D eigenvalue weighted by Crippen LogP contribution is -2.00. The van der Waals surface area contributed by atoms with E-state index in [0.29, 0.717) is 5.92 Å². The third-order valence-corrected chi connectivity index (χ3v) is 4.76. The number of hydrogen-bond donors (Lipinski definition) is 1. The highest BCUT2D eigenvalue weighted by Crippen LogP contribution is 2.25. The third kappa shape index (κ3) is 2.31. The summed E-state index contributed by atoms with van der Waals surface area (Å²) >= 11 is 3.34. The van der Waals surface area contributed by atoms with Crippen molar-refractivity contribution < 1.29 is 5.11 Å². The van der Waals surface area contributed by atoms with Crippen molar-refractivity contribution in [1.29, 1.82) is 0 Å². The Balaban J connectivity index is 2.00. The van der Waals surface area contributed by atoms with Gasteiger partial charge in [-0.15, -0.1) is 11.3 Å². The molecule has 19 heavy (non-hydrogen) atoms. The van der Waals surface area contributed by atoms with Gasteiger partial charge in [0.25, 0.3) is 0 Å². The normalized spacial score (nSPS) is 11.8. The molecule has 0 radical (unpaired) electrons. The van der Waals surface area contributed by atoms with Crippen LogP contribution >= 0.6 is 22.7 Å². The lowest BCUT2D eigenvalue weighted by molar-refractivity contribution is 0.272. The summed E-state index contributed by atoms with van der Waals surface area (Å²) in [5.41, 5.74) is 1.77. The highest BCUT2D eigenvalue weighted by Gasteiger charge is 2.18. The number of rotatable bonds is 4. The van der Waals surface area contributed by atoms with E-state index < -0.39 is 0 Å². The van der Waals surface area contributed by atoms with Crippen LogP contribution < -0.4 is 0 Å². The average Bonchev–Trinajstić information content (AvgIpc) is 3.04. The first-order valence-corrected chi connectivity index (χ1v) is 7.89. The molecule has 0 fully saturated rings. The summed E-state index contributed by atoms with van der Waals surface area (Å²) < 4.78 is 1.79. The van der Waals surface area contributed by atoms with Gasteiger partial charge in [-0.1, -0.05) is 31.3 Å². The molecule has 3 rings (SSSR count). The van der Waals surface area contributed by atoms with Crippen molar-refractivity contribution in [2.45, 2.75) is 32.8 Å². The number of aliphatic hydroxyl groups is 1. The molecule has 0 unspecified atom stereocenters. The lowest BCUT2D eigenvalue weighted by atomic mass is 10.1. The van der Waals surface area contributed by atoms with Gasteiger partial charge in [0.1, 0.15) is 5.01 Å². The van der Waals surface area contributed by atoms with Crippen molar-refractivity contribution >= 4 is 27.6 Å². The van der Waals surface area contributed by atoms with Gasteiger partial charge < -0.3 is 5.11 Å². The molecule has 4 nitrogen and oxygen atoms in total. The van der Waals surface area contributed by atoms with Crippen molar-refractivity contribution in [3.05, 3.63) is 38.8 Å². The molecule has 0 amide bonds. The average molecular weight is 293 g/mol. The largest absolute Gasteiger partial charge is 0.390 e. The molecule has 3 aromatic heterocycles. The quantitative estimate of drug-likeness (QED) is 0.804. The first kappa shape index (κ1) is 12.8. The maximum atomic E-state index is 9.53. The summed E-state index contributed by atoms with van der Waals surface area (Å²) in [4.78, 5) is 6.77. The zero-order chi connectivity index (χ0) is 13.4. The van der Waals surface area contributed by atoms with Crippen molar-refractivity contribution in [2.24, 2.45) is 0 Å². The van der Waals surface area contributed by atoms with Crippen LogP contribution in [0.1, 0.15) is 41.0 Å². The van der Waals surface area contributed by atoms with Gasteiger partial charge in [-0.2, -0.15) is 5.10 Å². The lowest BCUT2D eigenvalue weighted by Gasteiger charge is -2.02. The Bertz CT molecular complexity index is 682. The Labute approximate surface area is 119 Å². The Hall–Kier alpha value is -1.24. The number of thiophene rings is 1. The van der Waals surface area contributed by atoms with Crippen molar-refractivity contribution in [1.82, 2.24) is 14.6 Å². The zero-order valence-corrected chi connectivity index (χ0v) is 12.5. The van der Waals surface area contributed by atoms with Gasteiger partial charge in [-0.3, -0.25) is 0 Å². The molecular formula is C13H15N3OS2. The second-order valence-corrected chi connectivity index (χ2v) is 6.78. The van der Waals surface area contributed by atoms with Crippen molar-refractivity contribution in [2.75, 3.05) is 0 Å². The highest BCUT2D eigenvalue weighted by atomic mass is 32.1. The van der Waals surface area contributed by atoms with Gasteiger partial charge in [-0.25, -0.2) is 9.50 Å². The molecule has 0 aliphatic carbocycles. The Morgan fingerprint density at radius 1 is 1.42 bits per heavy atom. The molecular weight excluding hydrogens is 278 g/mol. The van der Waals surface area contributed by atoms with Crippen LogP contribution in [0.5, 0.6) is 0 Å². The minimum absolute atomic E-state index is 0.0170. The SMILES string of the molecule is CC(C)c1nc2sc(Cc3cccs3)nn2c1CO. The van der Waals surface area contributed by atoms with Gasteiger partial charge in [0, 0.05) is 11.3 Å². The number of hydrogen-bond acceptors (Lipinski definition) is 5. The van der Waals surface area contributed by atoms with Crippen LogP contribution in [-0.4, -0.2) is 19.7 Å². The van der Waals surface area contributed by atoms with Gasteiger partial charge in [0.05, 0.1) is 18.0 Å². The Morgan fingerprint density at radius 2 is 2.26 bits per heavy atom. The maximum absolute atomic E-state index is 9.53. The molecule has 0 atom stereocenters. The molecule has 0 saturated carbocycles. The fourth-order valence-corrected chi connectivity index (χ4v) is 3.83. The molecule has 0 saturated heterocycles. The van der Waals surface area contributed by atoms with Crippen molar-refractivity contribution in [3.63, 3.8) is 0 Å². The van der Waals surface area contributed by atoms with Crippen LogP contribution in [0.4, 0.5) is 0 Å². The van der Waals surface area contributed by atoms with E-state index in [4.69, 9.17) is 0 Å². The fraction of sp³-hybridized carbons (Fsp3) is 0.385. The standard InChI is InChI=1S/C13H15N3OS2/c1-8(2)12-10(7-17)16-13(14-12)19-11(15-16)6-9-4-3-5-18-9/h3-5,8,17H,6-7H2,1-2H3. The second kappa shape index (κ2) is 5.03. The van der Waals surface area contributed by atoms with E-state index in [0.717, 1.165) is 27.8 Å². The number of imidazole rings is 1. The van der Waals surface area contributed by atoms with E-state index in [1.165, 1.54) is 4.88 Å². The van der Waals surface area contributed by atoms with E-state index in [2.05, 4.69) is 41.4 Å². The van der Waals surface area contributed by atoms with Crippen LogP contribution in [0.3, 0.4) is 0 Å². The monoisotopic (exact) mass is 293 g/mol. The number of aromatic nitrogens is 3. The van der Waals surface area contributed by atoms with Crippen LogP contribution in [0.15, 0.2) is 17.5 Å². The minimum Gasteiger partial charge on any atom is -0.390 e. The molecule has 0 aliphatic heterocycles. The van der Waals surface area contributed by atoms with E-state index in [-0.39, 0.29) is 6.61 Å². The second-order valence-electron chi connectivity index (χ2n) is 4.70. The first-order valence-electron chi connectivity index (χ1n) is 6.19. The third-order valence-electron chi connectivity index (χ3n) is 2.97. The van der Waals surface area contributed by atoms with Crippen molar-refractivity contribution in [3.8, 4) is 0 Å². The summed E-state index contributed by atoms with van der Waals surface area (Å²) in [5, 5.41) is 17.2. The molecule has 3 aromatic rings. The highest BCUT2D eigenvalue weighted by molar-refractivity contribution is 7.17. The number of fused-ring (bicyclic) bond motifs is 1. The smallest absolute Gasteiger partial charge is 0.212 e. The van der Waals surface area contributed by atoms with Crippen LogP contribution in [0.2, 0.25) is 0 Å². The van der Waals surface area contributed by atoms with Gasteiger partial charge in [0.2, 0.25) is 4.96 Å². The number of nitrogens with zero attached hydrogens (tertiary/aromatic N) is 3. The summed E-state index contributed by atoms with van der Waals surface area (Å²) in [7, 11) is 0. The molecule has 1 N–H and O–H groups in total. The van der Waals surface area contributed by atoms with Gasteiger partial charge in [-0.05, 0) is 17.4 Å².